The minimum atomic E-state index is -0.503. The number of nitrogens with two attached hydrogens (primary N) is 1. The predicted octanol–water partition coefficient (Wildman–Crippen LogP) is 1.38. The van der Waals surface area contributed by atoms with Crippen molar-refractivity contribution >= 4 is 23.8 Å². The van der Waals surface area contributed by atoms with Crippen LogP contribution in [0.2, 0.25) is 5.02 Å². The maximum Gasteiger partial charge on any atom is 0.229 e. The fourth-order valence-corrected chi connectivity index (χ4v) is 1.21. The van der Waals surface area contributed by atoms with Crippen LogP contribution in [0.1, 0.15) is 22.3 Å². The van der Waals surface area contributed by atoms with Crippen molar-refractivity contribution in [1.82, 2.24) is 0 Å². The number of aldehydes is 1. The molecule has 0 aliphatic carbocycles. The zero-order valence-electron chi connectivity index (χ0n) is 7.79. The number of rotatable bonds is 2. The summed E-state index contributed by atoms with van der Waals surface area (Å²) >= 11 is 5.78. The van der Waals surface area contributed by atoms with Crippen LogP contribution in [0.15, 0.2) is 18.2 Å². The van der Waals surface area contributed by atoms with Gasteiger partial charge in [0.15, 0.2) is 6.29 Å². The molecule has 0 aromatic heterocycles. The summed E-state index contributed by atoms with van der Waals surface area (Å²) in [6.07, 6.45) is 0.599. The third-order valence-electron chi connectivity index (χ3n) is 1.66. The molecule has 1 rings (SSSR count). The smallest absolute Gasteiger partial charge is 0.229 e. The summed E-state index contributed by atoms with van der Waals surface area (Å²) in [6.45, 7) is 0. The molecule has 1 aromatic carbocycles. The Bertz CT molecular complexity index is 457. The monoisotopic (exact) mass is 221 g/mol. The van der Waals surface area contributed by atoms with Gasteiger partial charge in [-0.1, -0.05) is 29.5 Å². The first-order valence-corrected chi connectivity index (χ1v) is 4.54. The van der Waals surface area contributed by atoms with Crippen LogP contribution in [0.3, 0.4) is 0 Å². The van der Waals surface area contributed by atoms with Gasteiger partial charge in [0.25, 0.3) is 0 Å². The van der Waals surface area contributed by atoms with Crippen molar-refractivity contribution in [2.45, 2.75) is 6.42 Å². The van der Waals surface area contributed by atoms with Crippen molar-refractivity contribution in [3.05, 3.63) is 34.3 Å². The molecule has 0 heterocycles. The van der Waals surface area contributed by atoms with E-state index < -0.39 is 5.91 Å². The first-order chi connectivity index (χ1) is 7.15. The SMILES string of the molecule is NC(=O)CC#Cc1cccc(Cl)c1C=O. The molecule has 3 nitrogen and oxygen atoms in total. The topological polar surface area (TPSA) is 60.2 Å². The molecule has 4 heteroatoms. The Morgan fingerprint density at radius 1 is 1.53 bits per heavy atom. The van der Waals surface area contributed by atoms with E-state index in [0.717, 1.165) is 0 Å². The number of amides is 1. The van der Waals surface area contributed by atoms with Crippen LogP contribution in [0.5, 0.6) is 0 Å². The van der Waals surface area contributed by atoms with Gasteiger partial charge in [0.2, 0.25) is 5.91 Å². The number of halogens is 1. The number of carbonyl (C=O) groups excluding carboxylic acids is 2. The molecule has 0 saturated heterocycles. The lowest BCUT2D eigenvalue weighted by Crippen LogP contribution is -2.08. The van der Waals surface area contributed by atoms with Crippen molar-refractivity contribution in [3.8, 4) is 11.8 Å². The highest BCUT2D eigenvalue weighted by Gasteiger charge is 2.02. The summed E-state index contributed by atoms with van der Waals surface area (Å²) in [5, 5.41) is 0.343. The van der Waals surface area contributed by atoms with E-state index in [1.54, 1.807) is 18.2 Å². The van der Waals surface area contributed by atoms with Crippen molar-refractivity contribution < 1.29 is 9.59 Å². The Balaban J connectivity index is 3.02. The second kappa shape index (κ2) is 5.18. The number of carbonyl (C=O) groups is 2. The Kier molecular flexibility index (Phi) is 3.90. The molecular weight excluding hydrogens is 214 g/mol. The molecule has 0 unspecified atom stereocenters. The first-order valence-electron chi connectivity index (χ1n) is 4.16. The second-order valence-electron chi connectivity index (χ2n) is 2.76. The summed E-state index contributed by atoms with van der Waals surface area (Å²) in [6, 6.07) is 4.94. The van der Waals surface area contributed by atoms with Crippen molar-refractivity contribution in [2.24, 2.45) is 5.73 Å². The van der Waals surface area contributed by atoms with Crippen LogP contribution in [0.4, 0.5) is 0 Å². The van der Waals surface area contributed by atoms with Gasteiger partial charge in [0.05, 0.1) is 11.4 Å². The lowest BCUT2D eigenvalue weighted by molar-refractivity contribution is -0.117. The summed E-state index contributed by atoms with van der Waals surface area (Å²) in [5.74, 6) is 4.73. The average Bonchev–Trinajstić information content (AvgIpc) is 2.17. The molecular formula is C11H8ClNO2. The molecule has 0 atom stereocenters. The second-order valence-corrected chi connectivity index (χ2v) is 3.17. The first kappa shape index (κ1) is 11.3. The van der Waals surface area contributed by atoms with Gasteiger partial charge in [-0.15, -0.1) is 0 Å². The molecule has 0 fully saturated rings. The van der Waals surface area contributed by atoms with Crippen molar-refractivity contribution in [2.75, 3.05) is 0 Å². The molecule has 0 bridgehead atoms. The highest BCUT2D eigenvalue weighted by Crippen LogP contribution is 2.16. The fraction of sp³-hybridized carbons (Fsp3) is 0.0909. The number of hydrogen-bond acceptors (Lipinski definition) is 2. The Morgan fingerprint density at radius 2 is 2.27 bits per heavy atom. The van der Waals surface area contributed by atoms with Gasteiger partial charge in [-0.25, -0.2) is 0 Å². The van der Waals surface area contributed by atoms with E-state index in [1.807, 2.05) is 0 Å². The zero-order valence-corrected chi connectivity index (χ0v) is 8.54. The van der Waals surface area contributed by atoms with E-state index in [1.165, 1.54) is 0 Å². The maximum absolute atomic E-state index is 10.7. The maximum atomic E-state index is 10.7. The standard InChI is InChI=1S/C11H8ClNO2/c12-10-5-1-3-8(9(10)7-14)4-2-6-11(13)15/h1,3,5,7H,6H2,(H2,13,15). The van der Waals surface area contributed by atoms with Crippen LogP contribution in [0.25, 0.3) is 0 Å². The van der Waals surface area contributed by atoms with Gasteiger partial charge in [0, 0.05) is 11.1 Å². The van der Waals surface area contributed by atoms with E-state index >= 15 is 0 Å². The predicted molar refractivity (Wildman–Crippen MR) is 57.5 cm³/mol. The van der Waals surface area contributed by atoms with Gasteiger partial charge in [-0.05, 0) is 12.1 Å². The van der Waals surface area contributed by atoms with Crippen LogP contribution in [-0.4, -0.2) is 12.2 Å². The Morgan fingerprint density at radius 3 is 2.87 bits per heavy atom. The summed E-state index contributed by atoms with van der Waals surface area (Å²) in [5.41, 5.74) is 5.75. The van der Waals surface area contributed by atoms with Gasteiger partial charge in [-0.2, -0.15) is 0 Å². The van der Waals surface area contributed by atoms with Gasteiger partial charge in [-0.3, -0.25) is 9.59 Å². The zero-order chi connectivity index (χ0) is 11.3. The highest BCUT2D eigenvalue weighted by atomic mass is 35.5. The van der Waals surface area contributed by atoms with Gasteiger partial charge in [0.1, 0.15) is 0 Å². The van der Waals surface area contributed by atoms with Crippen molar-refractivity contribution in [1.29, 1.82) is 0 Å². The molecule has 0 aliphatic rings. The lowest BCUT2D eigenvalue weighted by atomic mass is 10.1. The Hall–Kier alpha value is -1.79. The molecule has 0 radical (unpaired) electrons. The summed E-state index contributed by atoms with van der Waals surface area (Å²) < 4.78 is 0. The van der Waals surface area contributed by atoms with E-state index in [-0.39, 0.29) is 6.42 Å². The van der Waals surface area contributed by atoms with Crippen LogP contribution < -0.4 is 5.73 Å². The molecule has 1 aromatic rings. The number of hydrogen-bond donors (Lipinski definition) is 1. The normalized spacial score (nSPS) is 8.87. The molecule has 2 N–H and O–H groups in total. The van der Waals surface area contributed by atoms with E-state index in [4.69, 9.17) is 17.3 Å². The summed E-state index contributed by atoms with van der Waals surface area (Å²) in [7, 11) is 0. The molecule has 0 spiro atoms. The molecule has 0 aliphatic heterocycles. The molecule has 0 saturated carbocycles. The number of primary amides is 1. The van der Waals surface area contributed by atoms with E-state index in [0.29, 0.717) is 22.4 Å². The quantitative estimate of drug-likeness (QED) is 0.606. The van der Waals surface area contributed by atoms with Gasteiger partial charge < -0.3 is 5.73 Å². The minimum Gasteiger partial charge on any atom is -0.369 e. The molecule has 76 valence electrons. The fourth-order valence-electron chi connectivity index (χ4n) is 0.992. The van der Waals surface area contributed by atoms with E-state index in [2.05, 4.69) is 11.8 Å². The third-order valence-corrected chi connectivity index (χ3v) is 1.99. The molecule has 15 heavy (non-hydrogen) atoms. The largest absolute Gasteiger partial charge is 0.369 e. The van der Waals surface area contributed by atoms with Crippen molar-refractivity contribution in [3.63, 3.8) is 0 Å². The lowest BCUT2D eigenvalue weighted by Gasteiger charge is -1.97. The van der Waals surface area contributed by atoms with Crippen LogP contribution in [0, 0.1) is 11.8 Å². The van der Waals surface area contributed by atoms with Crippen LogP contribution >= 0.6 is 11.6 Å². The summed E-state index contributed by atoms with van der Waals surface area (Å²) in [4.78, 5) is 21.1. The minimum absolute atomic E-state index is 0.0369. The highest BCUT2D eigenvalue weighted by molar-refractivity contribution is 6.33. The van der Waals surface area contributed by atoms with E-state index in [9.17, 15) is 9.59 Å². The number of benzene rings is 1. The average molecular weight is 222 g/mol. The van der Waals surface area contributed by atoms with Gasteiger partial charge >= 0.3 is 0 Å². The Labute approximate surface area is 92.2 Å². The van der Waals surface area contributed by atoms with Crippen LogP contribution in [-0.2, 0) is 4.79 Å². The molecule has 1 amide bonds. The third kappa shape index (κ3) is 3.12.